The fourth-order valence-corrected chi connectivity index (χ4v) is 3.50. The van der Waals surface area contributed by atoms with Crippen molar-refractivity contribution in [1.29, 1.82) is 0 Å². The van der Waals surface area contributed by atoms with Crippen molar-refractivity contribution in [2.45, 2.75) is 38.2 Å². The molecule has 1 N–H and O–H groups in total. The number of amides is 2. The number of β-amino-alcohol motifs (C(OH)–C–C–N with tert-alkyl or cyclic N) is 1. The van der Waals surface area contributed by atoms with E-state index in [0.717, 1.165) is 30.6 Å². The number of likely N-dealkylation sites (tertiary alicyclic amines) is 1. The number of hydrogen-bond acceptors (Lipinski definition) is 3. The summed E-state index contributed by atoms with van der Waals surface area (Å²) in [5, 5.41) is 10.1. The molecular formula is C16H18FNO3. The van der Waals surface area contributed by atoms with Crippen molar-refractivity contribution in [3.63, 3.8) is 0 Å². The number of halogens is 1. The number of carbonyl (C=O) groups is 2. The van der Waals surface area contributed by atoms with Gasteiger partial charge in [-0.15, -0.1) is 0 Å². The first kappa shape index (κ1) is 14.2. The van der Waals surface area contributed by atoms with E-state index in [4.69, 9.17) is 0 Å². The van der Waals surface area contributed by atoms with Crippen molar-refractivity contribution < 1.29 is 19.1 Å². The molecule has 1 saturated heterocycles. The van der Waals surface area contributed by atoms with Crippen LogP contribution >= 0.6 is 0 Å². The molecule has 1 unspecified atom stereocenters. The Morgan fingerprint density at radius 3 is 2.57 bits per heavy atom. The lowest BCUT2D eigenvalue weighted by Gasteiger charge is -2.23. The molecule has 1 aromatic carbocycles. The molecule has 0 radical (unpaired) electrons. The van der Waals surface area contributed by atoms with Gasteiger partial charge >= 0.3 is 0 Å². The lowest BCUT2D eigenvalue weighted by molar-refractivity contribution is -0.143. The standard InChI is InChI=1S/C16H18FNO3/c17-12-6-2-1-5-11(12)13(19)10-18-14(20)9-16(15(18)21)7-3-4-8-16/h1-2,5-6,13,19H,3-4,7-10H2. The van der Waals surface area contributed by atoms with Gasteiger partial charge in [0.05, 0.1) is 18.1 Å². The molecule has 0 bridgehead atoms. The highest BCUT2D eigenvalue weighted by molar-refractivity contribution is 6.06. The van der Waals surface area contributed by atoms with Gasteiger partial charge in [0, 0.05) is 12.0 Å². The molecular weight excluding hydrogens is 273 g/mol. The van der Waals surface area contributed by atoms with Crippen molar-refractivity contribution >= 4 is 11.8 Å². The van der Waals surface area contributed by atoms with Crippen LogP contribution in [0.15, 0.2) is 24.3 Å². The third kappa shape index (κ3) is 2.35. The van der Waals surface area contributed by atoms with Gasteiger partial charge in [0.1, 0.15) is 5.82 Å². The summed E-state index contributed by atoms with van der Waals surface area (Å²) in [4.78, 5) is 25.7. The first-order valence-electron chi connectivity index (χ1n) is 7.31. The van der Waals surface area contributed by atoms with Crippen LogP contribution < -0.4 is 0 Å². The average molecular weight is 291 g/mol. The number of aliphatic hydroxyl groups is 1. The normalized spacial score (nSPS) is 22.3. The molecule has 1 saturated carbocycles. The van der Waals surface area contributed by atoms with Crippen LogP contribution in [0.4, 0.5) is 4.39 Å². The zero-order valence-electron chi connectivity index (χ0n) is 11.7. The molecule has 4 nitrogen and oxygen atoms in total. The lowest BCUT2D eigenvalue weighted by atomic mass is 9.84. The Bertz CT molecular complexity index is 581. The first-order valence-corrected chi connectivity index (χ1v) is 7.31. The number of hydrogen-bond donors (Lipinski definition) is 1. The van der Waals surface area contributed by atoms with E-state index in [0.29, 0.717) is 0 Å². The summed E-state index contributed by atoms with van der Waals surface area (Å²) in [5.74, 6) is -0.975. The summed E-state index contributed by atoms with van der Waals surface area (Å²) in [6, 6.07) is 5.87. The van der Waals surface area contributed by atoms with Crippen LogP contribution in [-0.2, 0) is 9.59 Å². The van der Waals surface area contributed by atoms with Gasteiger partial charge < -0.3 is 5.11 Å². The second kappa shape index (κ2) is 5.22. The molecule has 112 valence electrons. The van der Waals surface area contributed by atoms with E-state index in [9.17, 15) is 19.1 Å². The minimum atomic E-state index is -1.18. The average Bonchev–Trinajstić information content (AvgIpc) is 3.01. The number of carbonyl (C=O) groups excluding carboxylic acids is 2. The second-order valence-corrected chi connectivity index (χ2v) is 6.01. The summed E-state index contributed by atoms with van der Waals surface area (Å²) in [7, 11) is 0. The largest absolute Gasteiger partial charge is 0.386 e. The van der Waals surface area contributed by atoms with Crippen LogP contribution in [0.5, 0.6) is 0 Å². The van der Waals surface area contributed by atoms with E-state index in [-0.39, 0.29) is 30.3 Å². The molecule has 3 rings (SSSR count). The van der Waals surface area contributed by atoms with Crippen LogP contribution in [0.2, 0.25) is 0 Å². The third-order valence-electron chi connectivity index (χ3n) is 4.67. The minimum absolute atomic E-state index is 0.116. The zero-order chi connectivity index (χ0) is 15.0. The highest BCUT2D eigenvalue weighted by Gasteiger charge is 2.52. The Kier molecular flexibility index (Phi) is 3.53. The fraction of sp³-hybridized carbons (Fsp3) is 0.500. The SMILES string of the molecule is O=C1CC2(CCCC2)C(=O)N1CC(O)c1ccccc1F. The van der Waals surface area contributed by atoms with Gasteiger partial charge in [-0.3, -0.25) is 14.5 Å². The van der Waals surface area contributed by atoms with E-state index in [1.54, 1.807) is 6.07 Å². The number of rotatable bonds is 3. The number of aliphatic hydroxyl groups excluding tert-OH is 1. The highest BCUT2D eigenvalue weighted by Crippen LogP contribution is 2.47. The molecule has 0 aromatic heterocycles. The summed E-state index contributed by atoms with van der Waals surface area (Å²) in [6.07, 6.45) is 2.45. The van der Waals surface area contributed by atoms with Crippen LogP contribution in [0.1, 0.15) is 43.8 Å². The number of imide groups is 1. The number of benzene rings is 1. The molecule has 1 spiro atoms. The predicted octanol–water partition coefficient (Wildman–Crippen LogP) is 2.18. The van der Waals surface area contributed by atoms with Crippen molar-refractivity contribution in [3.8, 4) is 0 Å². The zero-order valence-corrected chi connectivity index (χ0v) is 11.7. The molecule has 2 aliphatic rings. The van der Waals surface area contributed by atoms with Gasteiger partial charge in [-0.05, 0) is 18.9 Å². The Labute approximate surface area is 122 Å². The van der Waals surface area contributed by atoms with Crippen molar-refractivity contribution in [2.24, 2.45) is 5.41 Å². The molecule has 2 amide bonds. The summed E-state index contributed by atoms with van der Waals surface area (Å²) in [6.45, 7) is -0.166. The van der Waals surface area contributed by atoms with E-state index in [2.05, 4.69) is 0 Å². The van der Waals surface area contributed by atoms with E-state index in [1.165, 1.54) is 18.2 Å². The quantitative estimate of drug-likeness (QED) is 0.868. The van der Waals surface area contributed by atoms with E-state index < -0.39 is 17.3 Å². The summed E-state index contributed by atoms with van der Waals surface area (Å²) >= 11 is 0. The Hall–Kier alpha value is -1.75. The molecule has 1 heterocycles. The van der Waals surface area contributed by atoms with Gasteiger partial charge in [0.25, 0.3) is 0 Å². The van der Waals surface area contributed by atoms with Gasteiger partial charge in [-0.1, -0.05) is 31.0 Å². The molecule has 1 atom stereocenters. The van der Waals surface area contributed by atoms with Crippen LogP contribution in [0.3, 0.4) is 0 Å². The van der Waals surface area contributed by atoms with Crippen LogP contribution in [-0.4, -0.2) is 28.4 Å². The summed E-state index contributed by atoms with van der Waals surface area (Å²) < 4.78 is 13.7. The number of nitrogens with zero attached hydrogens (tertiary/aromatic N) is 1. The van der Waals surface area contributed by atoms with E-state index >= 15 is 0 Å². The predicted molar refractivity (Wildman–Crippen MR) is 73.6 cm³/mol. The van der Waals surface area contributed by atoms with Crippen LogP contribution in [0, 0.1) is 11.2 Å². The first-order chi connectivity index (χ1) is 10.0. The van der Waals surface area contributed by atoms with Gasteiger partial charge in [-0.2, -0.15) is 0 Å². The van der Waals surface area contributed by atoms with Gasteiger partial charge in [0.2, 0.25) is 11.8 Å². The Morgan fingerprint density at radius 1 is 1.24 bits per heavy atom. The van der Waals surface area contributed by atoms with Crippen molar-refractivity contribution in [2.75, 3.05) is 6.54 Å². The third-order valence-corrected chi connectivity index (χ3v) is 4.67. The molecule has 1 aliphatic carbocycles. The van der Waals surface area contributed by atoms with Crippen molar-refractivity contribution in [1.82, 2.24) is 4.90 Å². The Morgan fingerprint density at radius 2 is 1.90 bits per heavy atom. The second-order valence-electron chi connectivity index (χ2n) is 6.01. The smallest absolute Gasteiger partial charge is 0.236 e. The maximum absolute atomic E-state index is 13.7. The topological polar surface area (TPSA) is 57.6 Å². The van der Waals surface area contributed by atoms with Crippen molar-refractivity contribution in [3.05, 3.63) is 35.6 Å². The summed E-state index contributed by atoms with van der Waals surface area (Å²) in [5.41, 5.74) is -0.433. The molecule has 5 heteroatoms. The maximum Gasteiger partial charge on any atom is 0.236 e. The molecule has 21 heavy (non-hydrogen) atoms. The fourth-order valence-electron chi connectivity index (χ4n) is 3.50. The molecule has 2 fully saturated rings. The maximum atomic E-state index is 13.7. The molecule has 1 aliphatic heterocycles. The highest BCUT2D eigenvalue weighted by atomic mass is 19.1. The lowest BCUT2D eigenvalue weighted by Crippen LogP contribution is -2.37. The van der Waals surface area contributed by atoms with Gasteiger partial charge in [0.15, 0.2) is 0 Å². The van der Waals surface area contributed by atoms with Gasteiger partial charge in [-0.25, -0.2) is 4.39 Å². The molecule has 1 aromatic rings. The Balaban J connectivity index is 1.77. The van der Waals surface area contributed by atoms with Crippen LogP contribution in [0.25, 0.3) is 0 Å². The van der Waals surface area contributed by atoms with E-state index in [1.807, 2.05) is 0 Å². The monoisotopic (exact) mass is 291 g/mol. The minimum Gasteiger partial charge on any atom is -0.386 e.